The zero-order valence-electron chi connectivity index (χ0n) is 28.2. The van der Waals surface area contributed by atoms with E-state index in [1.165, 1.54) is 55.6 Å². The predicted molar refractivity (Wildman–Crippen MR) is 204 cm³/mol. The number of hydrogen-bond donors (Lipinski definition) is 1. The van der Waals surface area contributed by atoms with Crippen molar-refractivity contribution in [1.82, 2.24) is 0 Å². The average molecular weight is 641 g/mol. The van der Waals surface area contributed by atoms with E-state index in [9.17, 15) is 5.26 Å². The molecule has 1 unspecified atom stereocenters. The summed E-state index contributed by atoms with van der Waals surface area (Å²) in [6.07, 6.45) is 0. The molecule has 0 saturated heterocycles. The minimum Gasteiger partial charge on any atom is -0.374 e. The first-order chi connectivity index (χ1) is 24.5. The number of nitrogens with one attached hydrogen (secondary N) is 1. The Morgan fingerprint density at radius 2 is 1.04 bits per heavy atom. The van der Waals surface area contributed by atoms with Gasteiger partial charge in [0.1, 0.15) is 0 Å². The fourth-order valence-electron chi connectivity index (χ4n) is 8.75. The predicted octanol–water partition coefficient (Wildman–Crippen LogP) is 11.4. The Labute approximate surface area is 294 Å². The van der Waals surface area contributed by atoms with Crippen molar-refractivity contribution in [3.05, 3.63) is 220 Å². The van der Waals surface area contributed by atoms with Gasteiger partial charge < -0.3 is 5.32 Å². The summed E-state index contributed by atoms with van der Waals surface area (Å²) in [5, 5.41) is 13.2. The van der Waals surface area contributed by atoms with Gasteiger partial charge in [-0.1, -0.05) is 153 Å². The highest BCUT2D eigenvalue weighted by molar-refractivity contribution is 5.90. The van der Waals surface area contributed by atoms with Crippen molar-refractivity contribution in [3.63, 3.8) is 0 Å². The normalized spacial score (nSPS) is 14.8. The van der Waals surface area contributed by atoms with Gasteiger partial charge in [-0.2, -0.15) is 5.26 Å². The van der Waals surface area contributed by atoms with Gasteiger partial charge >= 0.3 is 0 Å². The molecule has 7 aromatic rings. The highest BCUT2D eigenvalue weighted by Crippen LogP contribution is 2.62. The van der Waals surface area contributed by atoms with Crippen LogP contribution in [0.4, 0.5) is 5.69 Å². The molecule has 0 aliphatic heterocycles. The molecule has 0 saturated carbocycles. The number of nitrogens with zero attached hydrogens (tertiary/aromatic N) is 1. The Morgan fingerprint density at radius 3 is 1.72 bits per heavy atom. The molecule has 1 spiro atoms. The van der Waals surface area contributed by atoms with Crippen LogP contribution < -0.4 is 5.32 Å². The zero-order chi connectivity index (χ0) is 33.9. The number of rotatable bonds is 5. The van der Waals surface area contributed by atoms with Crippen LogP contribution in [0, 0.1) is 11.3 Å². The van der Waals surface area contributed by atoms with Gasteiger partial charge in [0.05, 0.1) is 23.1 Å². The molecule has 0 radical (unpaired) electrons. The molecule has 238 valence electrons. The molecule has 1 atom stereocenters. The first-order valence-corrected chi connectivity index (χ1v) is 17.4. The minimum absolute atomic E-state index is 0.0679. The van der Waals surface area contributed by atoms with Crippen molar-refractivity contribution >= 4 is 5.69 Å². The van der Waals surface area contributed by atoms with Crippen molar-refractivity contribution < 1.29 is 0 Å². The molecule has 50 heavy (non-hydrogen) atoms. The van der Waals surface area contributed by atoms with Gasteiger partial charge in [0.25, 0.3) is 0 Å². The van der Waals surface area contributed by atoms with E-state index in [-0.39, 0.29) is 16.9 Å². The summed E-state index contributed by atoms with van der Waals surface area (Å²) in [6.45, 7) is 4.74. The second kappa shape index (κ2) is 11.5. The quantitative estimate of drug-likeness (QED) is 0.203. The number of hydrogen-bond acceptors (Lipinski definition) is 2. The van der Waals surface area contributed by atoms with Gasteiger partial charge in [-0.15, -0.1) is 0 Å². The lowest BCUT2D eigenvalue weighted by Crippen LogP contribution is -2.40. The summed E-state index contributed by atoms with van der Waals surface area (Å²) in [6, 6.07) is 63.6. The molecule has 2 aliphatic carbocycles. The van der Waals surface area contributed by atoms with E-state index in [1.54, 1.807) is 0 Å². The lowest BCUT2D eigenvalue weighted by atomic mass is 9.55. The molecule has 0 bridgehead atoms. The van der Waals surface area contributed by atoms with Crippen molar-refractivity contribution in [2.75, 3.05) is 5.32 Å². The monoisotopic (exact) mass is 640 g/mol. The average Bonchev–Trinajstić information content (AvgIpc) is 3.47. The number of nitriles is 1. The molecule has 7 aromatic carbocycles. The molecular weight excluding hydrogens is 605 g/mol. The third-order valence-corrected chi connectivity index (χ3v) is 11.1. The second-order valence-electron chi connectivity index (χ2n) is 14.1. The van der Waals surface area contributed by atoms with Crippen LogP contribution in [0.5, 0.6) is 0 Å². The van der Waals surface area contributed by atoms with E-state index in [0.717, 1.165) is 16.8 Å². The topological polar surface area (TPSA) is 35.8 Å². The molecule has 0 amide bonds. The third kappa shape index (κ3) is 4.40. The summed E-state index contributed by atoms with van der Waals surface area (Å²) in [5.41, 5.74) is 16.6. The molecule has 9 rings (SSSR count). The fraction of sp³-hybridized carbons (Fsp3) is 0.104. The Kier molecular flexibility index (Phi) is 6.87. The van der Waals surface area contributed by atoms with Crippen molar-refractivity contribution in [2.24, 2.45) is 0 Å². The Hall–Kier alpha value is -6.17. The largest absolute Gasteiger partial charge is 0.374 e. The maximum atomic E-state index is 9.38. The van der Waals surface area contributed by atoms with E-state index in [0.29, 0.717) is 5.56 Å². The SMILES string of the molecule is CC1(C)c2ccccc2C2(c3ccccc3-c3cc(-c4cccc(NC(c5ccccc5)c5ccc(C#N)cc5)c4)ccc32)c2ccccc21. The maximum absolute atomic E-state index is 9.38. The fourth-order valence-corrected chi connectivity index (χ4v) is 8.75. The summed E-state index contributed by atoms with van der Waals surface area (Å²) in [7, 11) is 0. The number of fused-ring (bicyclic) bond motifs is 9. The molecule has 0 fully saturated rings. The molecule has 0 aromatic heterocycles. The van der Waals surface area contributed by atoms with Crippen LogP contribution in [0.3, 0.4) is 0 Å². The maximum Gasteiger partial charge on any atom is 0.0991 e. The van der Waals surface area contributed by atoms with Gasteiger partial charge in [0.15, 0.2) is 0 Å². The second-order valence-corrected chi connectivity index (χ2v) is 14.1. The Morgan fingerprint density at radius 1 is 0.480 bits per heavy atom. The van der Waals surface area contributed by atoms with Crippen molar-refractivity contribution in [1.29, 1.82) is 5.26 Å². The van der Waals surface area contributed by atoms with E-state index in [2.05, 4.69) is 165 Å². The van der Waals surface area contributed by atoms with Gasteiger partial charge in [-0.05, 0) is 97.1 Å². The van der Waals surface area contributed by atoms with E-state index >= 15 is 0 Å². The van der Waals surface area contributed by atoms with Crippen LogP contribution in [0.25, 0.3) is 22.3 Å². The highest BCUT2D eigenvalue weighted by Gasteiger charge is 2.53. The number of benzene rings is 7. The van der Waals surface area contributed by atoms with Crippen LogP contribution in [0.1, 0.15) is 70.0 Å². The first kappa shape index (κ1) is 29.9. The highest BCUT2D eigenvalue weighted by atomic mass is 14.9. The van der Waals surface area contributed by atoms with Crippen LogP contribution in [-0.2, 0) is 10.8 Å². The van der Waals surface area contributed by atoms with Gasteiger partial charge in [0, 0.05) is 11.1 Å². The molecule has 2 heteroatoms. The Bertz CT molecular complexity index is 2400. The molecule has 2 nitrogen and oxygen atoms in total. The van der Waals surface area contributed by atoms with Gasteiger partial charge in [-0.25, -0.2) is 0 Å². The van der Waals surface area contributed by atoms with Gasteiger partial charge in [-0.3, -0.25) is 0 Å². The minimum atomic E-state index is -0.388. The molecule has 2 aliphatic rings. The lowest BCUT2D eigenvalue weighted by molar-refractivity contribution is 0.563. The molecule has 1 N–H and O–H groups in total. The summed E-state index contributed by atoms with van der Waals surface area (Å²) >= 11 is 0. The standard InChI is InChI=1S/C48H36N2/c1-47(2)42-19-8-10-21-44(42)48(45-22-11-9-20-43(45)47)40-18-7-6-17-38(40)39-30-36(27-28-41(39)48)35-15-12-16-37(29-35)50-46(33-13-4-3-5-14-33)34-25-23-32(31-49)24-26-34/h3-30,46,50H,1-2H3. The van der Waals surface area contributed by atoms with Crippen LogP contribution in [0.2, 0.25) is 0 Å². The summed E-state index contributed by atoms with van der Waals surface area (Å²) < 4.78 is 0. The van der Waals surface area contributed by atoms with E-state index < -0.39 is 0 Å². The summed E-state index contributed by atoms with van der Waals surface area (Å²) in [5.74, 6) is 0. The van der Waals surface area contributed by atoms with Crippen LogP contribution in [0.15, 0.2) is 170 Å². The molecular formula is C48H36N2. The van der Waals surface area contributed by atoms with E-state index in [4.69, 9.17) is 0 Å². The zero-order valence-corrected chi connectivity index (χ0v) is 28.2. The van der Waals surface area contributed by atoms with Gasteiger partial charge in [0.2, 0.25) is 0 Å². The van der Waals surface area contributed by atoms with Crippen molar-refractivity contribution in [2.45, 2.75) is 30.7 Å². The van der Waals surface area contributed by atoms with Crippen LogP contribution >= 0.6 is 0 Å². The van der Waals surface area contributed by atoms with Crippen molar-refractivity contribution in [3.8, 4) is 28.3 Å². The summed E-state index contributed by atoms with van der Waals surface area (Å²) in [4.78, 5) is 0. The van der Waals surface area contributed by atoms with E-state index in [1.807, 2.05) is 30.3 Å². The Balaban J connectivity index is 1.17. The first-order valence-electron chi connectivity index (χ1n) is 17.4. The molecule has 0 heterocycles. The smallest absolute Gasteiger partial charge is 0.0991 e. The lowest BCUT2D eigenvalue weighted by Gasteiger charge is -2.46. The third-order valence-electron chi connectivity index (χ3n) is 11.1. The van der Waals surface area contributed by atoms with Crippen LogP contribution in [-0.4, -0.2) is 0 Å². The number of anilines is 1.